The molecular weight excluding hydrogens is 256 g/mol. The highest BCUT2D eigenvalue weighted by Gasteiger charge is 2.29. The third kappa shape index (κ3) is 8.69. The van der Waals surface area contributed by atoms with E-state index < -0.39 is 6.23 Å². The summed E-state index contributed by atoms with van der Waals surface area (Å²) >= 11 is 4.60. The van der Waals surface area contributed by atoms with Crippen molar-refractivity contribution >= 4 is 12.6 Å². The Morgan fingerprint density at radius 1 is 1.47 bits per heavy atom. The average molecular weight is 289 g/mol. The van der Waals surface area contributed by atoms with E-state index in [4.69, 9.17) is 10.8 Å². The molecule has 0 saturated carbocycles. The van der Waals surface area contributed by atoms with Gasteiger partial charge in [-0.1, -0.05) is 32.4 Å². The van der Waals surface area contributed by atoms with Crippen LogP contribution in [0.4, 0.5) is 0 Å². The zero-order chi connectivity index (χ0) is 14.7. The Balaban J connectivity index is 0.000000399. The van der Waals surface area contributed by atoms with Gasteiger partial charge >= 0.3 is 0 Å². The van der Waals surface area contributed by atoms with Crippen LogP contribution in [0, 0.1) is 0 Å². The Kier molecular flexibility index (Phi) is 11.7. The minimum Gasteiger partial charge on any atom is -0.379 e. The molecule has 114 valence electrons. The first-order valence-corrected chi connectivity index (χ1v) is 8.05. The van der Waals surface area contributed by atoms with Crippen LogP contribution >= 0.6 is 12.6 Å². The lowest BCUT2D eigenvalue weighted by Crippen LogP contribution is -2.32. The van der Waals surface area contributed by atoms with E-state index in [-0.39, 0.29) is 0 Å². The molecule has 1 aliphatic rings. The molecule has 0 aromatic rings. The summed E-state index contributed by atoms with van der Waals surface area (Å²) < 4.78 is 0. The summed E-state index contributed by atoms with van der Waals surface area (Å²) in [6.07, 6.45) is 9.06. The number of rotatable bonds is 6. The summed E-state index contributed by atoms with van der Waals surface area (Å²) in [5.41, 5.74) is 5.03. The van der Waals surface area contributed by atoms with E-state index >= 15 is 0 Å². The van der Waals surface area contributed by atoms with Crippen LogP contribution in [0.5, 0.6) is 0 Å². The van der Waals surface area contributed by atoms with Gasteiger partial charge in [0.2, 0.25) is 0 Å². The first kappa shape index (κ1) is 19.0. The number of nitrogens with two attached hydrogens (primary N) is 1. The molecule has 1 rings (SSSR count). The van der Waals surface area contributed by atoms with Crippen LogP contribution < -0.4 is 5.73 Å². The molecule has 1 fully saturated rings. The van der Waals surface area contributed by atoms with E-state index in [0.717, 1.165) is 19.3 Å². The number of likely N-dealkylation sites (tertiary alicyclic amines) is 1. The number of thiol groups is 1. The quantitative estimate of drug-likeness (QED) is 0.400. The molecule has 1 aliphatic heterocycles. The second kappa shape index (κ2) is 11.8. The van der Waals surface area contributed by atoms with Gasteiger partial charge in [0.1, 0.15) is 6.23 Å². The molecule has 3 N–H and O–H groups in total. The number of hydrogen-bond acceptors (Lipinski definition) is 4. The molecule has 0 aromatic heterocycles. The Morgan fingerprint density at radius 3 is 2.58 bits per heavy atom. The van der Waals surface area contributed by atoms with Gasteiger partial charge in [0.05, 0.1) is 0 Å². The van der Waals surface area contributed by atoms with Crippen LogP contribution in [0.2, 0.25) is 0 Å². The maximum atomic E-state index is 8.46. The molecule has 3 unspecified atom stereocenters. The molecule has 0 spiro atoms. The Hall–Kier alpha value is -0.0300. The number of aliphatic hydroxyl groups excluding tert-OH is 1. The van der Waals surface area contributed by atoms with Gasteiger partial charge in [0.15, 0.2) is 0 Å². The van der Waals surface area contributed by atoms with E-state index in [1.54, 1.807) is 0 Å². The second-order valence-electron chi connectivity index (χ2n) is 5.07. The van der Waals surface area contributed by atoms with Crippen LogP contribution in [0.25, 0.3) is 0 Å². The zero-order valence-electron chi connectivity index (χ0n) is 12.8. The molecule has 3 nitrogen and oxygen atoms in total. The smallest absolute Gasteiger partial charge is 0.102 e. The van der Waals surface area contributed by atoms with Gasteiger partial charge in [-0.2, -0.15) is 12.6 Å². The van der Waals surface area contributed by atoms with E-state index in [1.165, 1.54) is 25.9 Å². The van der Waals surface area contributed by atoms with Crippen LogP contribution in [0.1, 0.15) is 52.9 Å². The van der Waals surface area contributed by atoms with Crippen molar-refractivity contribution < 1.29 is 5.11 Å². The molecular formula is C15H32N2OS. The van der Waals surface area contributed by atoms with Crippen LogP contribution in [-0.4, -0.2) is 40.6 Å². The van der Waals surface area contributed by atoms with Gasteiger partial charge in [-0.25, -0.2) is 0 Å². The first-order valence-electron chi connectivity index (χ1n) is 7.53. The molecule has 3 atom stereocenters. The third-order valence-corrected chi connectivity index (χ3v) is 4.10. The lowest BCUT2D eigenvalue weighted by Gasteiger charge is -2.23. The molecule has 1 saturated heterocycles. The van der Waals surface area contributed by atoms with E-state index in [0.29, 0.717) is 11.3 Å². The van der Waals surface area contributed by atoms with Crippen LogP contribution in [-0.2, 0) is 0 Å². The Labute approximate surface area is 124 Å². The van der Waals surface area contributed by atoms with Gasteiger partial charge < -0.3 is 10.8 Å². The minimum absolute atomic E-state index is 0.584. The SMILES string of the molecule is C/C=C\CC1C(S)CCN1CC.CCCCC(N)O. The fourth-order valence-corrected chi connectivity index (χ4v) is 2.71. The van der Waals surface area contributed by atoms with Gasteiger partial charge in [-0.15, -0.1) is 0 Å². The van der Waals surface area contributed by atoms with Gasteiger partial charge in [-0.05, 0) is 45.7 Å². The van der Waals surface area contributed by atoms with Gasteiger partial charge in [0, 0.05) is 11.3 Å². The van der Waals surface area contributed by atoms with Gasteiger partial charge in [-0.3, -0.25) is 4.90 Å². The minimum atomic E-state index is -0.597. The molecule has 0 bridgehead atoms. The zero-order valence-corrected chi connectivity index (χ0v) is 13.6. The Morgan fingerprint density at radius 2 is 2.16 bits per heavy atom. The summed E-state index contributed by atoms with van der Waals surface area (Å²) in [4.78, 5) is 2.53. The van der Waals surface area contributed by atoms with Crippen molar-refractivity contribution in [3.8, 4) is 0 Å². The number of allylic oxidation sites excluding steroid dienone is 1. The molecule has 19 heavy (non-hydrogen) atoms. The number of aliphatic hydroxyl groups is 1. The summed E-state index contributed by atoms with van der Waals surface area (Å²) in [6, 6.07) is 0.675. The molecule has 0 aromatic carbocycles. The standard InChI is InChI=1S/C10H19NS.C5H13NO/c1-3-5-6-9-10(12)7-8-11(9)4-2;1-2-3-4-5(6)7/h3,5,9-10,12H,4,6-8H2,1-2H3;5,7H,2-4,6H2,1H3/b5-3-;. The largest absolute Gasteiger partial charge is 0.379 e. The predicted octanol–water partition coefficient (Wildman–Crippen LogP) is 2.80. The first-order chi connectivity index (χ1) is 9.06. The molecule has 1 heterocycles. The van der Waals surface area contributed by atoms with Crippen LogP contribution in [0.3, 0.4) is 0 Å². The number of hydrogen-bond donors (Lipinski definition) is 3. The number of unbranched alkanes of at least 4 members (excludes halogenated alkanes) is 1. The predicted molar refractivity (Wildman–Crippen MR) is 87.6 cm³/mol. The van der Waals surface area contributed by atoms with Crippen molar-refractivity contribution in [2.24, 2.45) is 5.73 Å². The summed E-state index contributed by atoms with van der Waals surface area (Å²) in [6.45, 7) is 8.78. The van der Waals surface area contributed by atoms with Crippen molar-refractivity contribution in [3.05, 3.63) is 12.2 Å². The highest BCUT2D eigenvalue weighted by molar-refractivity contribution is 7.81. The average Bonchev–Trinajstić information content (AvgIpc) is 2.75. The van der Waals surface area contributed by atoms with Crippen LogP contribution in [0.15, 0.2) is 12.2 Å². The molecule has 0 aliphatic carbocycles. The summed E-state index contributed by atoms with van der Waals surface area (Å²) in [7, 11) is 0. The molecule has 4 heteroatoms. The van der Waals surface area contributed by atoms with Crippen molar-refractivity contribution in [2.45, 2.75) is 70.4 Å². The fraction of sp³-hybridized carbons (Fsp3) is 0.867. The van der Waals surface area contributed by atoms with Crippen molar-refractivity contribution in [3.63, 3.8) is 0 Å². The van der Waals surface area contributed by atoms with E-state index in [9.17, 15) is 0 Å². The van der Waals surface area contributed by atoms with Crippen molar-refractivity contribution in [1.82, 2.24) is 4.90 Å². The maximum absolute atomic E-state index is 8.46. The molecule has 0 amide bonds. The lowest BCUT2D eigenvalue weighted by atomic mass is 10.1. The monoisotopic (exact) mass is 288 g/mol. The highest BCUT2D eigenvalue weighted by atomic mass is 32.1. The number of nitrogens with zero attached hydrogens (tertiary/aromatic N) is 1. The normalized spacial score (nSPS) is 25.4. The molecule has 0 radical (unpaired) electrons. The topological polar surface area (TPSA) is 49.5 Å². The van der Waals surface area contributed by atoms with E-state index in [2.05, 4.69) is 50.5 Å². The second-order valence-corrected chi connectivity index (χ2v) is 5.73. The van der Waals surface area contributed by atoms with Crippen molar-refractivity contribution in [2.75, 3.05) is 13.1 Å². The summed E-state index contributed by atoms with van der Waals surface area (Å²) in [5, 5.41) is 9.05. The Bertz CT molecular complexity index is 234. The lowest BCUT2D eigenvalue weighted by molar-refractivity contribution is 0.169. The van der Waals surface area contributed by atoms with Gasteiger partial charge in [0.25, 0.3) is 0 Å². The maximum Gasteiger partial charge on any atom is 0.102 e. The third-order valence-electron chi connectivity index (χ3n) is 3.50. The summed E-state index contributed by atoms with van der Waals surface area (Å²) in [5.74, 6) is 0. The highest BCUT2D eigenvalue weighted by Crippen LogP contribution is 2.24. The van der Waals surface area contributed by atoms with E-state index in [1.807, 2.05) is 0 Å². The van der Waals surface area contributed by atoms with Crippen molar-refractivity contribution in [1.29, 1.82) is 0 Å². The fourth-order valence-electron chi connectivity index (χ4n) is 2.29.